The molecule has 0 atom stereocenters. The number of thiazole rings is 1. The molecule has 1 fully saturated rings. The molecule has 0 saturated carbocycles. The van der Waals surface area contributed by atoms with Crippen molar-refractivity contribution >= 4 is 44.5 Å². The summed E-state index contributed by atoms with van der Waals surface area (Å²) in [6.07, 6.45) is 3.20. The highest BCUT2D eigenvalue weighted by Gasteiger charge is 2.23. The molecule has 3 aromatic rings. The van der Waals surface area contributed by atoms with Crippen molar-refractivity contribution in [1.29, 1.82) is 0 Å². The summed E-state index contributed by atoms with van der Waals surface area (Å²) in [7, 11) is 0. The van der Waals surface area contributed by atoms with Gasteiger partial charge in [0.2, 0.25) is 0 Å². The topological polar surface area (TPSA) is 88.4 Å². The molecule has 144 valence electrons. The second-order valence-electron chi connectivity index (χ2n) is 6.88. The number of carbonyl (C=O) groups is 1. The normalized spacial score (nSPS) is 14.2. The molecule has 1 N–H and O–H groups in total. The Bertz CT molecular complexity index is 1060. The number of carbonyl (C=O) groups excluding carboxylic acids is 1. The summed E-state index contributed by atoms with van der Waals surface area (Å²) in [4.78, 5) is 30.3. The molecule has 1 amide bonds. The van der Waals surface area contributed by atoms with Crippen LogP contribution >= 0.6 is 11.3 Å². The fourth-order valence-electron chi connectivity index (χ4n) is 3.53. The number of amides is 1. The first-order valence-electron chi connectivity index (χ1n) is 9.23. The van der Waals surface area contributed by atoms with Gasteiger partial charge in [-0.2, -0.15) is 0 Å². The van der Waals surface area contributed by atoms with E-state index in [-0.39, 0.29) is 17.2 Å². The predicted molar refractivity (Wildman–Crippen MR) is 111 cm³/mol. The summed E-state index contributed by atoms with van der Waals surface area (Å²) in [5, 5.41) is 15.4. The van der Waals surface area contributed by atoms with Gasteiger partial charge in [-0.3, -0.25) is 14.9 Å². The first-order chi connectivity index (χ1) is 13.5. The van der Waals surface area contributed by atoms with E-state index >= 15 is 0 Å². The number of nitrogens with zero attached hydrogens (tertiary/aromatic N) is 3. The van der Waals surface area contributed by atoms with Crippen LogP contribution in [0, 0.1) is 17.0 Å². The number of nitrogens with one attached hydrogen (secondary N) is 1. The third-order valence-corrected chi connectivity index (χ3v) is 5.82. The fourth-order valence-corrected chi connectivity index (χ4v) is 4.40. The minimum atomic E-state index is -0.410. The Kier molecular flexibility index (Phi) is 4.95. The maximum atomic E-state index is 12.7. The lowest BCUT2D eigenvalue weighted by Crippen LogP contribution is -2.30. The van der Waals surface area contributed by atoms with Crippen molar-refractivity contribution in [2.75, 3.05) is 23.3 Å². The molecule has 0 bridgehead atoms. The number of nitro groups is 1. The SMILES string of the molecule is Cc1nc2ccc(NC(=O)c3ccc(N4CCCCC4)c([N+](=O)[O-])c3)cc2s1. The van der Waals surface area contributed by atoms with Gasteiger partial charge in [0.25, 0.3) is 11.6 Å². The average molecular weight is 396 g/mol. The van der Waals surface area contributed by atoms with Crippen LogP contribution in [0.1, 0.15) is 34.6 Å². The Hall–Kier alpha value is -3.00. The zero-order valence-electron chi connectivity index (χ0n) is 15.5. The summed E-state index contributed by atoms with van der Waals surface area (Å²) < 4.78 is 0.988. The lowest BCUT2D eigenvalue weighted by Gasteiger charge is -2.28. The average Bonchev–Trinajstić information content (AvgIpc) is 3.07. The number of aromatic nitrogens is 1. The Morgan fingerprint density at radius 2 is 1.96 bits per heavy atom. The Labute approximate surface area is 166 Å². The maximum Gasteiger partial charge on any atom is 0.293 e. The number of hydrogen-bond donors (Lipinski definition) is 1. The van der Waals surface area contributed by atoms with E-state index in [1.54, 1.807) is 29.5 Å². The molecule has 1 aliphatic rings. The number of nitro benzene ring substituents is 1. The lowest BCUT2D eigenvalue weighted by molar-refractivity contribution is -0.384. The van der Waals surface area contributed by atoms with Crippen molar-refractivity contribution in [3.63, 3.8) is 0 Å². The minimum Gasteiger partial charge on any atom is -0.366 e. The second-order valence-corrected chi connectivity index (χ2v) is 8.11. The molecule has 0 spiro atoms. The molecule has 2 heterocycles. The van der Waals surface area contributed by atoms with Gasteiger partial charge in [0.15, 0.2) is 0 Å². The smallest absolute Gasteiger partial charge is 0.293 e. The van der Waals surface area contributed by atoms with E-state index in [9.17, 15) is 14.9 Å². The highest BCUT2D eigenvalue weighted by molar-refractivity contribution is 7.18. The zero-order valence-corrected chi connectivity index (χ0v) is 16.3. The van der Waals surface area contributed by atoms with Gasteiger partial charge in [0.1, 0.15) is 5.69 Å². The number of aryl methyl sites for hydroxylation is 1. The summed E-state index contributed by atoms with van der Waals surface area (Å²) in [6, 6.07) is 10.2. The summed E-state index contributed by atoms with van der Waals surface area (Å²) in [5.41, 5.74) is 2.37. The molecule has 8 heteroatoms. The van der Waals surface area contributed by atoms with Crippen LogP contribution in [0.25, 0.3) is 10.2 Å². The monoisotopic (exact) mass is 396 g/mol. The van der Waals surface area contributed by atoms with Crippen LogP contribution in [-0.2, 0) is 0 Å². The number of benzene rings is 2. The molecular formula is C20H20N4O3S. The van der Waals surface area contributed by atoms with Crippen LogP contribution in [0.4, 0.5) is 17.1 Å². The fraction of sp³-hybridized carbons (Fsp3) is 0.300. The zero-order chi connectivity index (χ0) is 19.7. The maximum absolute atomic E-state index is 12.7. The summed E-state index contributed by atoms with van der Waals surface area (Å²) in [5.74, 6) is -0.367. The summed E-state index contributed by atoms with van der Waals surface area (Å²) >= 11 is 1.56. The van der Waals surface area contributed by atoms with Crippen LogP contribution in [-0.4, -0.2) is 28.9 Å². The second kappa shape index (κ2) is 7.55. The van der Waals surface area contributed by atoms with Gasteiger partial charge in [-0.15, -0.1) is 11.3 Å². The van der Waals surface area contributed by atoms with Gasteiger partial charge in [-0.05, 0) is 56.5 Å². The van der Waals surface area contributed by atoms with E-state index in [1.807, 2.05) is 24.0 Å². The molecule has 0 aliphatic carbocycles. The van der Waals surface area contributed by atoms with Crippen LogP contribution in [0.2, 0.25) is 0 Å². The molecule has 0 radical (unpaired) electrons. The largest absolute Gasteiger partial charge is 0.366 e. The third kappa shape index (κ3) is 3.68. The van der Waals surface area contributed by atoms with Crippen molar-refractivity contribution in [1.82, 2.24) is 4.98 Å². The van der Waals surface area contributed by atoms with Crippen molar-refractivity contribution < 1.29 is 9.72 Å². The Morgan fingerprint density at radius 3 is 2.71 bits per heavy atom. The number of hydrogen-bond acceptors (Lipinski definition) is 6. The van der Waals surface area contributed by atoms with Crippen LogP contribution < -0.4 is 10.2 Å². The molecule has 7 nitrogen and oxygen atoms in total. The molecule has 0 unspecified atom stereocenters. The number of anilines is 2. The van der Waals surface area contributed by atoms with Crippen molar-refractivity contribution in [3.8, 4) is 0 Å². The minimum absolute atomic E-state index is 0.0249. The quantitative estimate of drug-likeness (QED) is 0.507. The molecular weight excluding hydrogens is 376 g/mol. The molecule has 28 heavy (non-hydrogen) atoms. The van der Waals surface area contributed by atoms with Crippen molar-refractivity contribution in [3.05, 3.63) is 57.1 Å². The molecule has 4 rings (SSSR count). The van der Waals surface area contributed by atoms with E-state index in [0.717, 1.165) is 47.6 Å². The Balaban J connectivity index is 1.59. The first-order valence-corrected chi connectivity index (χ1v) is 10.0. The highest BCUT2D eigenvalue weighted by Crippen LogP contribution is 2.32. The third-order valence-electron chi connectivity index (χ3n) is 4.88. The predicted octanol–water partition coefficient (Wildman–Crippen LogP) is 4.76. The highest BCUT2D eigenvalue weighted by atomic mass is 32.1. The van der Waals surface area contributed by atoms with E-state index in [4.69, 9.17) is 0 Å². The van der Waals surface area contributed by atoms with E-state index in [0.29, 0.717) is 11.4 Å². The van der Waals surface area contributed by atoms with Gasteiger partial charge in [-0.25, -0.2) is 4.98 Å². The molecule has 2 aromatic carbocycles. The van der Waals surface area contributed by atoms with Gasteiger partial charge in [-0.1, -0.05) is 0 Å². The first kappa shape index (κ1) is 18.4. The van der Waals surface area contributed by atoms with Crippen LogP contribution in [0.15, 0.2) is 36.4 Å². The van der Waals surface area contributed by atoms with Crippen molar-refractivity contribution in [2.24, 2.45) is 0 Å². The molecule has 1 aromatic heterocycles. The van der Waals surface area contributed by atoms with E-state index in [1.165, 1.54) is 6.07 Å². The molecule has 1 saturated heterocycles. The Morgan fingerprint density at radius 1 is 1.18 bits per heavy atom. The van der Waals surface area contributed by atoms with Gasteiger partial charge >= 0.3 is 0 Å². The van der Waals surface area contributed by atoms with Crippen LogP contribution in [0.3, 0.4) is 0 Å². The van der Waals surface area contributed by atoms with E-state index < -0.39 is 4.92 Å². The lowest BCUT2D eigenvalue weighted by atomic mass is 10.1. The van der Waals surface area contributed by atoms with Gasteiger partial charge < -0.3 is 10.2 Å². The number of fused-ring (bicyclic) bond motifs is 1. The number of piperidine rings is 1. The van der Waals surface area contributed by atoms with Crippen LogP contribution in [0.5, 0.6) is 0 Å². The molecule has 1 aliphatic heterocycles. The van der Waals surface area contributed by atoms with Crippen molar-refractivity contribution in [2.45, 2.75) is 26.2 Å². The van der Waals surface area contributed by atoms with E-state index in [2.05, 4.69) is 10.3 Å². The van der Waals surface area contributed by atoms with Gasteiger partial charge in [0.05, 0.1) is 20.1 Å². The number of rotatable bonds is 4. The van der Waals surface area contributed by atoms with Gasteiger partial charge in [0, 0.05) is 30.4 Å². The standard InChI is InChI=1S/C20H20N4O3S/c1-13-21-16-7-6-15(12-19(16)28-13)22-20(25)14-5-8-17(18(11-14)24(26)27)23-9-3-2-4-10-23/h5-8,11-12H,2-4,9-10H2,1H3,(H,22,25). The summed E-state index contributed by atoms with van der Waals surface area (Å²) in [6.45, 7) is 3.55.